The van der Waals surface area contributed by atoms with Crippen LogP contribution in [0.2, 0.25) is 0 Å². The SMILES string of the molecule is CCNC(=O)/C(C)=N/NC(=O)c1ccncc1. The number of amides is 2. The Morgan fingerprint density at radius 2 is 2.00 bits per heavy atom. The molecule has 0 bridgehead atoms. The summed E-state index contributed by atoms with van der Waals surface area (Å²) in [5, 5.41) is 6.28. The molecule has 0 saturated carbocycles. The molecule has 0 aliphatic rings. The molecule has 0 atom stereocenters. The van der Waals surface area contributed by atoms with Crippen LogP contribution in [0.5, 0.6) is 0 Å². The van der Waals surface area contributed by atoms with Crippen molar-refractivity contribution in [2.24, 2.45) is 5.10 Å². The number of rotatable bonds is 4. The standard InChI is InChI=1S/C11H14N4O2/c1-3-13-10(16)8(2)14-15-11(17)9-4-6-12-7-5-9/h4-7H,3H2,1-2H3,(H,13,16)(H,15,17)/b14-8+. The van der Waals surface area contributed by atoms with E-state index in [2.05, 4.69) is 20.8 Å². The van der Waals surface area contributed by atoms with Crippen molar-refractivity contribution in [2.75, 3.05) is 6.54 Å². The topological polar surface area (TPSA) is 83.5 Å². The van der Waals surface area contributed by atoms with E-state index in [1.54, 1.807) is 19.1 Å². The first-order valence-corrected chi connectivity index (χ1v) is 5.18. The molecule has 0 unspecified atom stereocenters. The van der Waals surface area contributed by atoms with Crippen LogP contribution in [0.3, 0.4) is 0 Å². The van der Waals surface area contributed by atoms with Crippen LogP contribution in [-0.4, -0.2) is 29.1 Å². The van der Waals surface area contributed by atoms with Crippen LogP contribution in [0, 0.1) is 0 Å². The molecule has 0 aliphatic heterocycles. The van der Waals surface area contributed by atoms with Gasteiger partial charge in [-0.25, -0.2) is 5.43 Å². The summed E-state index contributed by atoms with van der Waals surface area (Å²) >= 11 is 0. The number of nitrogens with zero attached hydrogens (tertiary/aromatic N) is 2. The molecule has 1 heterocycles. The molecule has 1 aromatic rings. The smallest absolute Gasteiger partial charge is 0.271 e. The lowest BCUT2D eigenvalue weighted by atomic mass is 10.3. The van der Waals surface area contributed by atoms with E-state index in [4.69, 9.17) is 0 Å². The van der Waals surface area contributed by atoms with Crippen LogP contribution < -0.4 is 10.7 Å². The molecule has 0 aromatic carbocycles. The molecule has 6 nitrogen and oxygen atoms in total. The Labute approximate surface area is 99.1 Å². The highest BCUT2D eigenvalue weighted by atomic mass is 16.2. The van der Waals surface area contributed by atoms with Gasteiger partial charge in [0.25, 0.3) is 11.8 Å². The van der Waals surface area contributed by atoms with Crippen molar-refractivity contribution in [3.05, 3.63) is 30.1 Å². The van der Waals surface area contributed by atoms with Gasteiger partial charge in [0, 0.05) is 24.5 Å². The first-order valence-electron chi connectivity index (χ1n) is 5.18. The van der Waals surface area contributed by atoms with Crippen molar-refractivity contribution in [1.82, 2.24) is 15.7 Å². The van der Waals surface area contributed by atoms with Gasteiger partial charge in [0.2, 0.25) is 0 Å². The molecule has 0 spiro atoms. The van der Waals surface area contributed by atoms with E-state index in [1.165, 1.54) is 19.3 Å². The van der Waals surface area contributed by atoms with E-state index in [-0.39, 0.29) is 17.5 Å². The largest absolute Gasteiger partial charge is 0.351 e. The summed E-state index contributed by atoms with van der Waals surface area (Å²) in [6.07, 6.45) is 3.02. The fourth-order valence-corrected chi connectivity index (χ4v) is 1.04. The molecule has 0 fully saturated rings. The zero-order valence-corrected chi connectivity index (χ0v) is 9.73. The Morgan fingerprint density at radius 1 is 1.35 bits per heavy atom. The molecule has 90 valence electrons. The van der Waals surface area contributed by atoms with Crippen molar-refractivity contribution in [1.29, 1.82) is 0 Å². The van der Waals surface area contributed by atoms with Crippen LogP contribution in [0.15, 0.2) is 29.6 Å². The number of hydrogen-bond donors (Lipinski definition) is 2. The number of pyridine rings is 1. The fourth-order valence-electron chi connectivity index (χ4n) is 1.04. The molecule has 17 heavy (non-hydrogen) atoms. The molecular formula is C11H14N4O2. The summed E-state index contributed by atoms with van der Waals surface area (Å²) in [4.78, 5) is 26.6. The molecule has 1 aromatic heterocycles. The van der Waals surface area contributed by atoms with Crippen LogP contribution in [0.25, 0.3) is 0 Å². The van der Waals surface area contributed by atoms with E-state index in [9.17, 15) is 9.59 Å². The lowest BCUT2D eigenvalue weighted by Gasteiger charge is -2.02. The predicted octanol–water partition coefficient (Wildman–Crippen LogP) is 0.323. The molecule has 0 saturated heterocycles. The number of aromatic nitrogens is 1. The average Bonchev–Trinajstić information content (AvgIpc) is 2.36. The van der Waals surface area contributed by atoms with Crippen molar-refractivity contribution in [3.63, 3.8) is 0 Å². The minimum atomic E-state index is -0.379. The maximum Gasteiger partial charge on any atom is 0.271 e. The minimum Gasteiger partial charge on any atom is -0.351 e. The molecule has 0 radical (unpaired) electrons. The normalized spacial score (nSPS) is 10.8. The van der Waals surface area contributed by atoms with Crippen molar-refractivity contribution < 1.29 is 9.59 Å². The lowest BCUT2D eigenvalue weighted by Crippen LogP contribution is -2.31. The maximum atomic E-state index is 11.6. The summed E-state index contributed by atoms with van der Waals surface area (Å²) in [6, 6.07) is 3.12. The van der Waals surface area contributed by atoms with Gasteiger partial charge in [-0.15, -0.1) is 0 Å². The highest BCUT2D eigenvalue weighted by Gasteiger charge is 2.06. The summed E-state index contributed by atoms with van der Waals surface area (Å²) in [5.41, 5.74) is 2.94. The number of carbonyl (C=O) groups excluding carboxylic acids is 2. The number of carbonyl (C=O) groups is 2. The second-order valence-electron chi connectivity index (χ2n) is 3.23. The highest BCUT2D eigenvalue weighted by Crippen LogP contribution is 1.95. The maximum absolute atomic E-state index is 11.6. The summed E-state index contributed by atoms with van der Waals surface area (Å²) in [6.45, 7) is 3.85. The number of nitrogens with one attached hydrogen (secondary N) is 2. The Bertz CT molecular complexity index is 428. The van der Waals surface area contributed by atoms with Gasteiger partial charge in [0.15, 0.2) is 0 Å². The van der Waals surface area contributed by atoms with Gasteiger partial charge in [-0.1, -0.05) is 0 Å². The van der Waals surface area contributed by atoms with E-state index in [0.717, 1.165) is 0 Å². The van der Waals surface area contributed by atoms with E-state index < -0.39 is 0 Å². The lowest BCUT2D eigenvalue weighted by molar-refractivity contribution is -0.114. The van der Waals surface area contributed by atoms with Crippen LogP contribution in [-0.2, 0) is 4.79 Å². The third-order valence-corrected chi connectivity index (χ3v) is 1.93. The van der Waals surface area contributed by atoms with Gasteiger partial charge < -0.3 is 5.32 Å². The molecule has 1 rings (SSSR count). The second-order valence-corrected chi connectivity index (χ2v) is 3.23. The van der Waals surface area contributed by atoms with Gasteiger partial charge in [-0.3, -0.25) is 14.6 Å². The Kier molecular flexibility index (Phi) is 4.80. The van der Waals surface area contributed by atoms with Gasteiger partial charge >= 0.3 is 0 Å². The Morgan fingerprint density at radius 3 is 2.59 bits per heavy atom. The Hall–Kier alpha value is -2.24. The van der Waals surface area contributed by atoms with E-state index in [0.29, 0.717) is 12.1 Å². The van der Waals surface area contributed by atoms with Gasteiger partial charge in [-0.05, 0) is 26.0 Å². The van der Waals surface area contributed by atoms with Crippen LogP contribution in [0.4, 0.5) is 0 Å². The quantitative estimate of drug-likeness (QED) is 0.581. The van der Waals surface area contributed by atoms with Crippen LogP contribution >= 0.6 is 0 Å². The summed E-state index contributed by atoms with van der Waals surface area (Å²) < 4.78 is 0. The molecule has 2 amide bonds. The molecule has 2 N–H and O–H groups in total. The zero-order valence-electron chi connectivity index (χ0n) is 9.73. The number of hydrogen-bond acceptors (Lipinski definition) is 4. The third-order valence-electron chi connectivity index (χ3n) is 1.93. The molecule has 6 heteroatoms. The van der Waals surface area contributed by atoms with E-state index in [1.807, 2.05) is 0 Å². The summed E-state index contributed by atoms with van der Waals surface area (Å²) in [7, 11) is 0. The first kappa shape index (κ1) is 12.8. The monoisotopic (exact) mass is 234 g/mol. The average molecular weight is 234 g/mol. The third kappa shape index (κ3) is 4.02. The van der Waals surface area contributed by atoms with Crippen molar-refractivity contribution >= 4 is 17.5 Å². The van der Waals surface area contributed by atoms with Crippen molar-refractivity contribution in [2.45, 2.75) is 13.8 Å². The van der Waals surface area contributed by atoms with Gasteiger partial charge in [0.05, 0.1) is 0 Å². The van der Waals surface area contributed by atoms with Gasteiger partial charge in [0.1, 0.15) is 5.71 Å². The molecular weight excluding hydrogens is 220 g/mol. The van der Waals surface area contributed by atoms with Crippen LogP contribution in [0.1, 0.15) is 24.2 Å². The highest BCUT2D eigenvalue weighted by molar-refractivity contribution is 6.37. The molecule has 0 aliphatic carbocycles. The minimum absolute atomic E-state index is 0.203. The van der Waals surface area contributed by atoms with E-state index >= 15 is 0 Å². The van der Waals surface area contributed by atoms with Crippen molar-refractivity contribution in [3.8, 4) is 0 Å². The predicted molar refractivity (Wildman–Crippen MR) is 63.5 cm³/mol. The number of hydrazone groups is 1. The fraction of sp³-hybridized carbons (Fsp3) is 0.273. The zero-order chi connectivity index (χ0) is 12.7. The Balaban J connectivity index is 2.59. The second kappa shape index (κ2) is 6.37. The van der Waals surface area contributed by atoms with Gasteiger partial charge in [-0.2, -0.15) is 5.10 Å². The summed E-state index contributed by atoms with van der Waals surface area (Å²) in [5.74, 6) is -0.682. The first-order chi connectivity index (χ1) is 8.15.